The molecule has 11 nitrogen and oxygen atoms in total. The van der Waals surface area contributed by atoms with Gasteiger partial charge in [0.2, 0.25) is 15.9 Å². The van der Waals surface area contributed by atoms with E-state index in [9.17, 15) is 8.42 Å². The molecule has 1 aliphatic rings. The summed E-state index contributed by atoms with van der Waals surface area (Å²) in [5.74, 6) is 2.50. The Balaban J connectivity index is 1.84. The van der Waals surface area contributed by atoms with Crippen molar-refractivity contribution in [2.45, 2.75) is 26.2 Å². The number of para-hydroxylation sites is 1. The Morgan fingerprint density at radius 2 is 1.70 bits per heavy atom. The number of fused-ring (bicyclic) bond motifs is 1. The number of methoxy groups -OCH3 is 2. The van der Waals surface area contributed by atoms with Crippen LogP contribution in [0.25, 0.3) is 28.5 Å². The Morgan fingerprint density at radius 3 is 2.32 bits per heavy atom. The number of nitrogens with zero attached hydrogens (tertiary/aromatic N) is 5. The minimum Gasteiger partial charge on any atom is -0.494 e. The van der Waals surface area contributed by atoms with Crippen molar-refractivity contribution in [2.24, 2.45) is 5.92 Å². The molecule has 0 bridgehead atoms. The van der Waals surface area contributed by atoms with E-state index >= 15 is 0 Å². The lowest BCUT2D eigenvalue weighted by Crippen LogP contribution is -2.15. The van der Waals surface area contributed by atoms with Crippen LogP contribution >= 0.6 is 0 Å². The molecule has 194 valence electrons. The van der Waals surface area contributed by atoms with Crippen molar-refractivity contribution < 1.29 is 22.6 Å². The molecule has 0 radical (unpaired) electrons. The summed E-state index contributed by atoms with van der Waals surface area (Å²) in [4.78, 5) is 19.0. The van der Waals surface area contributed by atoms with Gasteiger partial charge in [-0.25, -0.2) is 28.4 Å². The lowest BCUT2D eigenvalue weighted by molar-refractivity contribution is 0.327. The number of sulfonamides is 1. The van der Waals surface area contributed by atoms with Crippen LogP contribution in [0, 0.1) is 5.92 Å². The maximum absolute atomic E-state index is 12.2. The molecule has 4 aromatic rings. The standard InChI is InChI=1S/C25H28N6O5S/c1-5-36-20-11-6-8-16(26-20)24-29-23-25(31(24)21-18(34-2)9-7-10-19(21)35-3)28-22(30-37(4,32)33)17(27-23)14-15-12-13-15/h6-11,15H,5,12-14H2,1-4H3,(H,28,30). The van der Waals surface area contributed by atoms with Gasteiger partial charge in [0.05, 0.1) is 32.8 Å². The first-order chi connectivity index (χ1) is 17.8. The number of pyridine rings is 1. The van der Waals surface area contributed by atoms with Crippen LogP contribution in [0.5, 0.6) is 17.4 Å². The number of benzene rings is 1. The summed E-state index contributed by atoms with van der Waals surface area (Å²) < 4.78 is 45.7. The molecular weight excluding hydrogens is 496 g/mol. The normalized spacial score (nSPS) is 13.5. The second kappa shape index (κ2) is 9.85. The molecule has 0 aliphatic heterocycles. The molecule has 37 heavy (non-hydrogen) atoms. The predicted molar refractivity (Wildman–Crippen MR) is 139 cm³/mol. The number of ether oxygens (including phenoxy) is 3. The Morgan fingerprint density at radius 1 is 1.00 bits per heavy atom. The highest BCUT2D eigenvalue weighted by molar-refractivity contribution is 7.92. The van der Waals surface area contributed by atoms with Gasteiger partial charge >= 0.3 is 0 Å². The van der Waals surface area contributed by atoms with Gasteiger partial charge in [-0.05, 0) is 50.3 Å². The van der Waals surface area contributed by atoms with E-state index < -0.39 is 10.0 Å². The molecule has 12 heteroatoms. The van der Waals surface area contributed by atoms with Gasteiger partial charge in [0, 0.05) is 6.07 Å². The number of rotatable bonds is 10. The molecule has 1 fully saturated rings. The van der Waals surface area contributed by atoms with E-state index in [2.05, 4.69) is 9.71 Å². The summed E-state index contributed by atoms with van der Waals surface area (Å²) in [7, 11) is -0.491. The zero-order valence-corrected chi connectivity index (χ0v) is 21.9. The fourth-order valence-corrected chi connectivity index (χ4v) is 4.64. The van der Waals surface area contributed by atoms with Crippen LogP contribution in [0.4, 0.5) is 5.82 Å². The van der Waals surface area contributed by atoms with Gasteiger partial charge in [-0.2, -0.15) is 0 Å². The molecule has 0 amide bonds. The first kappa shape index (κ1) is 24.8. The number of hydrogen-bond acceptors (Lipinski definition) is 9. The fraction of sp³-hybridized carbons (Fsp3) is 0.360. The number of nitrogens with one attached hydrogen (secondary N) is 1. The van der Waals surface area contributed by atoms with E-state index in [0.717, 1.165) is 19.1 Å². The van der Waals surface area contributed by atoms with E-state index in [1.54, 1.807) is 37.0 Å². The summed E-state index contributed by atoms with van der Waals surface area (Å²) in [6, 6.07) is 10.8. The maximum Gasteiger partial charge on any atom is 0.231 e. The molecule has 1 saturated carbocycles. The summed E-state index contributed by atoms with van der Waals surface area (Å²) >= 11 is 0. The number of imidazole rings is 1. The van der Waals surface area contributed by atoms with Gasteiger partial charge in [0.1, 0.15) is 22.9 Å². The van der Waals surface area contributed by atoms with E-state index in [1.807, 2.05) is 25.1 Å². The van der Waals surface area contributed by atoms with Gasteiger partial charge in [-0.15, -0.1) is 0 Å². The highest BCUT2D eigenvalue weighted by Crippen LogP contribution is 2.39. The molecule has 5 rings (SSSR count). The Bertz CT molecular complexity index is 1540. The smallest absolute Gasteiger partial charge is 0.231 e. The number of aromatic nitrogens is 5. The van der Waals surface area contributed by atoms with Crippen molar-refractivity contribution in [3.63, 3.8) is 0 Å². The van der Waals surface area contributed by atoms with Crippen LogP contribution < -0.4 is 18.9 Å². The zero-order chi connectivity index (χ0) is 26.2. The molecular formula is C25H28N6O5S. The average Bonchev–Trinajstić information content (AvgIpc) is 3.62. The van der Waals surface area contributed by atoms with E-state index in [0.29, 0.717) is 70.5 Å². The van der Waals surface area contributed by atoms with Gasteiger partial charge in [0.25, 0.3) is 0 Å². The lowest BCUT2D eigenvalue weighted by atomic mass is 10.2. The maximum atomic E-state index is 12.2. The monoisotopic (exact) mass is 524 g/mol. The van der Waals surface area contributed by atoms with Crippen molar-refractivity contribution in [1.82, 2.24) is 24.5 Å². The predicted octanol–water partition coefficient (Wildman–Crippen LogP) is 3.62. The largest absolute Gasteiger partial charge is 0.494 e. The van der Waals surface area contributed by atoms with Crippen LogP contribution in [0.1, 0.15) is 25.5 Å². The second-order valence-corrected chi connectivity index (χ2v) is 10.5. The third kappa shape index (κ3) is 5.15. The zero-order valence-electron chi connectivity index (χ0n) is 21.1. The molecule has 1 N–H and O–H groups in total. The highest BCUT2D eigenvalue weighted by atomic mass is 32.2. The van der Waals surface area contributed by atoms with Crippen LogP contribution in [0.15, 0.2) is 36.4 Å². The van der Waals surface area contributed by atoms with Crippen molar-refractivity contribution in [2.75, 3.05) is 31.8 Å². The molecule has 3 heterocycles. The molecule has 0 atom stereocenters. The topological polar surface area (TPSA) is 130 Å². The van der Waals surface area contributed by atoms with E-state index in [-0.39, 0.29) is 5.82 Å². The highest BCUT2D eigenvalue weighted by Gasteiger charge is 2.28. The minimum atomic E-state index is -3.60. The van der Waals surface area contributed by atoms with Gasteiger partial charge < -0.3 is 14.2 Å². The van der Waals surface area contributed by atoms with Crippen molar-refractivity contribution in [3.05, 3.63) is 42.1 Å². The van der Waals surface area contributed by atoms with Gasteiger partial charge in [-0.3, -0.25) is 9.29 Å². The quantitative estimate of drug-likeness (QED) is 0.330. The molecule has 3 aromatic heterocycles. The Labute approximate surface area is 214 Å². The van der Waals surface area contributed by atoms with Crippen molar-refractivity contribution in [1.29, 1.82) is 0 Å². The third-order valence-electron chi connectivity index (χ3n) is 5.90. The molecule has 1 aliphatic carbocycles. The second-order valence-electron chi connectivity index (χ2n) is 8.76. The van der Waals surface area contributed by atoms with E-state index in [4.69, 9.17) is 29.2 Å². The molecule has 0 unspecified atom stereocenters. The van der Waals surface area contributed by atoms with Crippen molar-refractivity contribution in [3.8, 4) is 34.6 Å². The lowest BCUT2D eigenvalue weighted by Gasteiger charge is -2.17. The van der Waals surface area contributed by atoms with Crippen LogP contribution in [0.2, 0.25) is 0 Å². The summed E-state index contributed by atoms with van der Waals surface area (Å²) in [6.45, 7) is 2.34. The summed E-state index contributed by atoms with van der Waals surface area (Å²) in [6.07, 6.45) is 3.85. The Kier molecular flexibility index (Phi) is 6.59. The van der Waals surface area contributed by atoms with Gasteiger partial charge in [-0.1, -0.05) is 12.1 Å². The van der Waals surface area contributed by atoms with Crippen LogP contribution in [-0.2, 0) is 16.4 Å². The summed E-state index contributed by atoms with van der Waals surface area (Å²) in [5, 5.41) is 0. The number of hydrogen-bond donors (Lipinski definition) is 1. The van der Waals surface area contributed by atoms with Gasteiger partial charge in [0.15, 0.2) is 22.9 Å². The summed E-state index contributed by atoms with van der Waals surface area (Å²) in [5.41, 5.74) is 2.27. The first-order valence-corrected chi connectivity index (χ1v) is 13.8. The van der Waals surface area contributed by atoms with Crippen LogP contribution in [-0.4, -0.2) is 60.0 Å². The first-order valence-electron chi connectivity index (χ1n) is 11.9. The fourth-order valence-electron chi connectivity index (χ4n) is 4.13. The molecule has 0 spiro atoms. The van der Waals surface area contributed by atoms with Crippen molar-refractivity contribution >= 4 is 27.1 Å². The van der Waals surface area contributed by atoms with E-state index in [1.165, 1.54) is 0 Å². The third-order valence-corrected chi connectivity index (χ3v) is 6.46. The minimum absolute atomic E-state index is 0.180. The number of anilines is 1. The van der Waals surface area contributed by atoms with Crippen LogP contribution in [0.3, 0.4) is 0 Å². The Hall–Kier alpha value is -3.93. The molecule has 0 saturated heterocycles. The SMILES string of the molecule is CCOc1cccc(-c2nc3nc(CC4CC4)c(NS(C)(=O)=O)nc3n2-c2c(OC)cccc2OC)n1. The molecule has 1 aromatic carbocycles. The average molecular weight is 525 g/mol.